The van der Waals surface area contributed by atoms with Gasteiger partial charge in [-0.1, -0.05) is 30.3 Å². The van der Waals surface area contributed by atoms with Crippen LogP contribution in [0.25, 0.3) is 0 Å². The molecular weight excluding hydrogens is 264 g/mol. The van der Waals surface area contributed by atoms with Crippen molar-refractivity contribution >= 4 is 23.3 Å². The Bertz CT molecular complexity index is 534. The quantitative estimate of drug-likeness (QED) is 0.622. The normalized spacial score (nSPS) is 9.89. The fourth-order valence-electron chi connectivity index (χ4n) is 1.38. The molecule has 1 aromatic carbocycles. The van der Waals surface area contributed by atoms with Crippen LogP contribution >= 0.6 is 11.3 Å². The van der Waals surface area contributed by atoms with Crippen LogP contribution in [0, 0.1) is 0 Å². The highest BCUT2D eigenvalue weighted by atomic mass is 32.1. The van der Waals surface area contributed by atoms with E-state index in [2.05, 4.69) is 0 Å². The van der Waals surface area contributed by atoms with Gasteiger partial charge < -0.3 is 9.47 Å². The van der Waals surface area contributed by atoms with Crippen LogP contribution in [-0.2, 0) is 20.9 Å². The zero-order valence-corrected chi connectivity index (χ0v) is 10.9. The van der Waals surface area contributed by atoms with Crippen molar-refractivity contribution in [1.82, 2.24) is 0 Å². The molecule has 0 aliphatic carbocycles. The Morgan fingerprint density at radius 3 is 2.47 bits per heavy atom. The average Bonchev–Trinajstić information content (AvgIpc) is 2.90. The molecule has 0 fully saturated rings. The van der Waals surface area contributed by atoms with E-state index < -0.39 is 11.9 Å². The molecule has 0 amide bonds. The highest BCUT2D eigenvalue weighted by Crippen LogP contribution is 2.18. The second-order valence-corrected chi connectivity index (χ2v) is 4.64. The largest absolute Gasteiger partial charge is 0.460 e. The molecule has 2 aromatic rings. The van der Waals surface area contributed by atoms with Crippen LogP contribution < -0.4 is 4.74 Å². The summed E-state index contributed by atoms with van der Waals surface area (Å²) in [6.45, 7) is 0.159. The lowest BCUT2D eigenvalue weighted by molar-refractivity contribution is -0.151. The predicted molar refractivity (Wildman–Crippen MR) is 70.8 cm³/mol. The maximum atomic E-state index is 11.4. The Hall–Kier alpha value is -2.14. The van der Waals surface area contributed by atoms with Gasteiger partial charge in [-0.3, -0.25) is 9.59 Å². The molecule has 0 radical (unpaired) electrons. The van der Waals surface area contributed by atoms with Crippen LogP contribution in [-0.4, -0.2) is 11.9 Å². The second kappa shape index (κ2) is 6.70. The first kappa shape index (κ1) is 13.3. The molecule has 1 heterocycles. The fourth-order valence-corrected chi connectivity index (χ4v) is 1.97. The summed E-state index contributed by atoms with van der Waals surface area (Å²) in [5.74, 6) is -1.20. The predicted octanol–water partition coefficient (Wildman–Crippen LogP) is 2.79. The van der Waals surface area contributed by atoms with Crippen molar-refractivity contribution in [2.24, 2.45) is 0 Å². The van der Waals surface area contributed by atoms with Crippen molar-refractivity contribution in [3.8, 4) is 5.06 Å². The minimum atomic E-state index is -0.611. The first-order valence-electron chi connectivity index (χ1n) is 5.68. The van der Waals surface area contributed by atoms with E-state index in [0.717, 1.165) is 5.56 Å². The molecule has 0 aliphatic rings. The van der Waals surface area contributed by atoms with Gasteiger partial charge in [0.1, 0.15) is 13.0 Å². The molecule has 0 saturated carbocycles. The summed E-state index contributed by atoms with van der Waals surface area (Å²) >= 11 is 1.29. The zero-order valence-electron chi connectivity index (χ0n) is 10.1. The van der Waals surface area contributed by atoms with Gasteiger partial charge in [0, 0.05) is 0 Å². The van der Waals surface area contributed by atoms with Crippen LogP contribution in [0.4, 0.5) is 0 Å². The number of ether oxygens (including phenoxy) is 2. The van der Waals surface area contributed by atoms with Crippen molar-refractivity contribution in [3.63, 3.8) is 0 Å². The minimum Gasteiger partial charge on any atom is -0.460 e. The van der Waals surface area contributed by atoms with E-state index in [1.807, 2.05) is 30.3 Å². The lowest BCUT2D eigenvalue weighted by atomic mass is 10.2. The fraction of sp³-hybridized carbons (Fsp3) is 0.143. The van der Waals surface area contributed by atoms with Crippen LogP contribution in [0.5, 0.6) is 5.06 Å². The molecule has 0 atom stereocenters. The van der Waals surface area contributed by atoms with Crippen molar-refractivity contribution in [3.05, 3.63) is 53.4 Å². The summed E-state index contributed by atoms with van der Waals surface area (Å²) in [6, 6.07) is 12.7. The monoisotopic (exact) mass is 276 g/mol. The van der Waals surface area contributed by atoms with E-state index in [0.29, 0.717) is 5.06 Å². The van der Waals surface area contributed by atoms with Crippen LogP contribution in [0.3, 0.4) is 0 Å². The highest BCUT2D eigenvalue weighted by Gasteiger charge is 2.13. The minimum absolute atomic E-state index is 0.159. The Labute approximate surface area is 114 Å². The summed E-state index contributed by atoms with van der Waals surface area (Å²) in [6.07, 6.45) is -0.384. The molecule has 19 heavy (non-hydrogen) atoms. The molecule has 0 unspecified atom stereocenters. The van der Waals surface area contributed by atoms with E-state index in [1.54, 1.807) is 17.5 Å². The van der Waals surface area contributed by atoms with E-state index in [-0.39, 0.29) is 13.0 Å². The molecule has 0 saturated heterocycles. The number of carbonyl (C=O) groups is 2. The van der Waals surface area contributed by atoms with Gasteiger partial charge in [-0.25, -0.2) is 0 Å². The third kappa shape index (κ3) is 4.56. The summed E-state index contributed by atoms with van der Waals surface area (Å²) in [5, 5.41) is 2.26. The third-order valence-electron chi connectivity index (χ3n) is 2.24. The second-order valence-electron chi connectivity index (χ2n) is 3.73. The number of hydrogen-bond donors (Lipinski definition) is 0. The Kier molecular flexibility index (Phi) is 4.69. The first-order chi connectivity index (χ1) is 9.24. The smallest absolute Gasteiger partial charge is 0.323 e. The molecule has 0 aliphatic heterocycles. The van der Waals surface area contributed by atoms with Crippen molar-refractivity contribution < 1.29 is 19.1 Å². The lowest BCUT2D eigenvalue weighted by Crippen LogP contribution is -2.15. The number of hydrogen-bond acceptors (Lipinski definition) is 5. The molecule has 2 rings (SSSR count). The molecular formula is C14H12O4S. The first-order valence-corrected chi connectivity index (χ1v) is 6.56. The van der Waals surface area contributed by atoms with E-state index in [1.165, 1.54) is 11.3 Å². The molecule has 4 nitrogen and oxygen atoms in total. The molecule has 98 valence electrons. The van der Waals surface area contributed by atoms with Gasteiger partial charge in [0.05, 0.1) is 0 Å². The average molecular weight is 276 g/mol. The maximum absolute atomic E-state index is 11.4. The van der Waals surface area contributed by atoms with Crippen molar-refractivity contribution in [2.75, 3.05) is 0 Å². The van der Waals surface area contributed by atoms with Crippen molar-refractivity contribution in [2.45, 2.75) is 13.0 Å². The lowest BCUT2D eigenvalue weighted by Gasteiger charge is -2.04. The molecule has 0 spiro atoms. The summed E-state index contributed by atoms with van der Waals surface area (Å²) in [4.78, 5) is 22.9. The number of esters is 2. The van der Waals surface area contributed by atoms with Crippen LogP contribution in [0.2, 0.25) is 0 Å². The highest BCUT2D eigenvalue weighted by molar-refractivity contribution is 7.11. The van der Waals surface area contributed by atoms with Crippen molar-refractivity contribution in [1.29, 1.82) is 0 Å². The topological polar surface area (TPSA) is 52.6 Å². The van der Waals surface area contributed by atoms with Gasteiger partial charge in [-0.15, -0.1) is 11.3 Å². The SMILES string of the molecule is O=C(CC(=O)Oc1cccs1)OCc1ccccc1. The summed E-state index contributed by atoms with van der Waals surface area (Å²) in [5.41, 5.74) is 0.877. The number of rotatable bonds is 5. The van der Waals surface area contributed by atoms with E-state index in [4.69, 9.17) is 9.47 Å². The Balaban J connectivity index is 1.74. The third-order valence-corrected chi connectivity index (χ3v) is 2.99. The van der Waals surface area contributed by atoms with E-state index in [9.17, 15) is 9.59 Å². The Morgan fingerprint density at radius 1 is 1.00 bits per heavy atom. The van der Waals surface area contributed by atoms with Gasteiger partial charge in [0.25, 0.3) is 0 Å². The van der Waals surface area contributed by atoms with Gasteiger partial charge in [-0.2, -0.15) is 0 Å². The van der Waals surface area contributed by atoms with Crippen LogP contribution in [0.1, 0.15) is 12.0 Å². The molecule has 5 heteroatoms. The zero-order chi connectivity index (χ0) is 13.5. The summed E-state index contributed by atoms with van der Waals surface area (Å²) in [7, 11) is 0. The van der Waals surface area contributed by atoms with Gasteiger partial charge in [0.2, 0.25) is 0 Å². The van der Waals surface area contributed by atoms with Gasteiger partial charge in [0.15, 0.2) is 5.06 Å². The van der Waals surface area contributed by atoms with Crippen LogP contribution in [0.15, 0.2) is 47.8 Å². The molecule has 0 N–H and O–H groups in total. The standard InChI is InChI=1S/C14H12O4S/c15-12(17-10-11-5-2-1-3-6-11)9-13(16)18-14-7-4-8-19-14/h1-8H,9-10H2. The molecule has 0 bridgehead atoms. The number of carbonyl (C=O) groups excluding carboxylic acids is 2. The summed E-state index contributed by atoms with van der Waals surface area (Å²) < 4.78 is 9.94. The van der Waals surface area contributed by atoms with Gasteiger partial charge in [-0.05, 0) is 23.1 Å². The molecule has 1 aromatic heterocycles. The number of thiophene rings is 1. The van der Waals surface area contributed by atoms with E-state index >= 15 is 0 Å². The maximum Gasteiger partial charge on any atom is 0.323 e. The Morgan fingerprint density at radius 2 is 1.79 bits per heavy atom. The van der Waals surface area contributed by atoms with Gasteiger partial charge >= 0.3 is 11.9 Å². The number of benzene rings is 1.